The normalized spacial score (nSPS) is 19.7. The zero-order valence-corrected chi connectivity index (χ0v) is 17.2. The van der Waals surface area contributed by atoms with Crippen molar-refractivity contribution in [2.75, 3.05) is 25.1 Å². The van der Waals surface area contributed by atoms with E-state index in [1.807, 2.05) is 30.3 Å². The highest BCUT2D eigenvalue weighted by molar-refractivity contribution is 6.09. The molecule has 8 nitrogen and oxygen atoms in total. The van der Waals surface area contributed by atoms with Crippen molar-refractivity contribution < 1.29 is 23.9 Å². The number of esters is 1. The van der Waals surface area contributed by atoms with Crippen LogP contribution in [0.2, 0.25) is 0 Å². The zero-order chi connectivity index (χ0) is 22.0. The lowest BCUT2D eigenvalue weighted by molar-refractivity contribution is -0.150. The molecule has 1 spiro atoms. The maximum absolute atomic E-state index is 13.2. The summed E-state index contributed by atoms with van der Waals surface area (Å²) in [6.45, 7) is -1.03. The van der Waals surface area contributed by atoms with Gasteiger partial charge in [-0.2, -0.15) is 0 Å². The van der Waals surface area contributed by atoms with Gasteiger partial charge in [0.25, 0.3) is 11.8 Å². The molecule has 1 saturated heterocycles. The van der Waals surface area contributed by atoms with Gasteiger partial charge < -0.3 is 15.0 Å². The highest BCUT2D eigenvalue weighted by Gasteiger charge is 2.54. The van der Waals surface area contributed by atoms with E-state index in [9.17, 15) is 19.2 Å². The van der Waals surface area contributed by atoms with Crippen molar-refractivity contribution in [3.63, 3.8) is 0 Å². The molecule has 0 bridgehead atoms. The Labute approximate surface area is 179 Å². The van der Waals surface area contributed by atoms with E-state index in [0.717, 1.165) is 28.9 Å². The van der Waals surface area contributed by atoms with Crippen LogP contribution in [0.25, 0.3) is 0 Å². The first-order valence-corrected chi connectivity index (χ1v) is 10.1. The van der Waals surface area contributed by atoms with Crippen LogP contribution in [0.5, 0.6) is 0 Å². The number of para-hydroxylation sites is 1. The maximum Gasteiger partial charge on any atom is 0.326 e. The molecule has 31 heavy (non-hydrogen) atoms. The van der Waals surface area contributed by atoms with Crippen LogP contribution >= 0.6 is 0 Å². The summed E-state index contributed by atoms with van der Waals surface area (Å²) in [7, 11) is 1.58. The van der Waals surface area contributed by atoms with Gasteiger partial charge in [0.2, 0.25) is 0 Å². The molecule has 2 aromatic rings. The monoisotopic (exact) mass is 421 g/mol. The number of urea groups is 1. The van der Waals surface area contributed by atoms with Gasteiger partial charge in [0.1, 0.15) is 12.1 Å². The third-order valence-electron chi connectivity index (χ3n) is 5.81. The first-order chi connectivity index (χ1) is 14.9. The summed E-state index contributed by atoms with van der Waals surface area (Å²) in [4.78, 5) is 52.6. The molecule has 1 fully saturated rings. The predicted molar refractivity (Wildman–Crippen MR) is 112 cm³/mol. The first kappa shape index (κ1) is 20.6. The highest BCUT2D eigenvalue weighted by atomic mass is 16.5. The summed E-state index contributed by atoms with van der Waals surface area (Å²) in [6.07, 6.45) is 2.06. The van der Waals surface area contributed by atoms with Crippen LogP contribution in [0.3, 0.4) is 0 Å². The molecular weight excluding hydrogens is 398 g/mol. The lowest BCUT2D eigenvalue weighted by Gasteiger charge is -2.33. The standard InChI is InChI=1S/C23H23N3O5/c1-25(17-10-3-2-4-11-17)19(27)15-31-20(28)14-26-21(29)23(24-22(26)30)13-7-9-16-8-5-6-12-18(16)23/h2-6,8,10-12H,7,9,13-15H2,1H3,(H,24,30)/t23-/m1/s1. The number of benzene rings is 2. The molecule has 0 unspecified atom stereocenters. The average molecular weight is 421 g/mol. The van der Waals surface area contributed by atoms with E-state index in [1.165, 1.54) is 4.90 Å². The molecule has 0 radical (unpaired) electrons. The Morgan fingerprint density at radius 2 is 1.81 bits per heavy atom. The van der Waals surface area contributed by atoms with Crippen molar-refractivity contribution in [1.82, 2.24) is 10.2 Å². The average Bonchev–Trinajstić information content (AvgIpc) is 3.02. The van der Waals surface area contributed by atoms with Gasteiger partial charge in [-0.1, -0.05) is 42.5 Å². The Morgan fingerprint density at radius 3 is 2.58 bits per heavy atom. The first-order valence-electron chi connectivity index (χ1n) is 10.1. The molecule has 2 aliphatic rings. The highest BCUT2D eigenvalue weighted by Crippen LogP contribution is 2.39. The number of carbonyl (C=O) groups excluding carboxylic acids is 4. The fourth-order valence-corrected chi connectivity index (χ4v) is 4.16. The number of nitrogens with one attached hydrogen (secondary N) is 1. The number of hydrogen-bond donors (Lipinski definition) is 1. The number of carbonyl (C=O) groups is 4. The minimum atomic E-state index is -1.14. The van der Waals surface area contributed by atoms with E-state index >= 15 is 0 Å². The van der Waals surface area contributed by atoms with Crippen LogP contribution in [-0.2, 0) is 31.1 Å². The summed E-state index contributed by atoms with van der Waals surface area (Å²) < 4.78 is 5.05. The molecule has 1 aliphatic heterocycles. The number of rotatable bonds is 5. The van der Waals surface area contributed by atoms with Crippen molar-refractivity contribution in [3.05, 3.63) is 65.7 Å². The van der Waals surface area contributed by atoms with Gasteiger partial charge >= 0.3 is 12.0 Å². The van der Waals surface area contributed by atoms with E-state index in [1.54, 1.807) is 31.3 Å². The van der Waals surface area contributed by atoms with Crippen molar-refractivity contribution in [1.29, 1.82) is 0 Å². The number of fused-ring (bicyclic) bond motifs is 2. The van der Waals surface area contributed by atoms with Gasteiger partial charge in [0.15, 0.2) is 6.61 Å². The van der Waals surface area contributed by atoms with Crippen molar-refractivity contribution >= 4 is 29.5 Å². The quantitative estimate of drug-likeness (QED) is 0.588. The Kier molecular flexibility index (Phi) is 5.46. The van der Waals surface area contributed by atoms with E-state index in [0.29, 0.717) is 12.1 Å². The molecule has 2 aromatic carbocycles. The lowest BCUT2D eigenvalue weighted by Crippen LogP contribution is -2.46. The molecular formula is C23H23N3O5. The fraction of sp³-hybridized carbons (Fsp3) is 0.304. The van der Waals surface area contributed by atoms with Gasteiger partial charge in [-0.15, -0.1) is 0 Å². The summed E-state index contributed by atoms with van der Waals surface area (Å²) >= 11 is 0. The largest absolute Gasteiger partial charge is 0.454 e. The number of ether oxygens (including phenoxy) is 1. The molecule has 0 saturated carbocycles. The second kappa shape index (κ2) is 8.22. The summed E-state index contributed by atoms with van der Waals surface area (Å²) in [5, 5.41) is 2.79. The number of aryl methyl sites for hydroxylation is 1. The van der Waals surface area contributed by atoms with Gasteiger partial charge in [-0.25, -0.2) is 4.79 Å². The van der Waals surface area contributed by atoms with Crippen LogP contribution in [0.15, 0.2) is 54.6 Å². The molecule has 1 N–H and O–H groups in total. The van der Waals surface area contributed by atoms with Gasteiger partial charge in [-0.05, 0) is 42.5 Å². The Morgan fingerprint density at radius 1 is 1.10 bits per heavy atom. The van der Waals surface area contributed by atoms with E-state index in [4.69, 9.17) is 4.74 Å². The van der Waals surface area contributed by atoms with Gasteiger partial charge in [0.05, 0.1) is 0 Å². The third kappa shape index (κ3) is 3.76. The number of hydrogen-bond acceptors (Lipinski definition) is 5. The van der Waals surface area contributed by atoms with E-state index in [-0.39, 0.29) is 0 Å². The molecule has 0 aromatic heterocycles. The Balaban J connectivity index is 1.40. The van der Waals surface area contributed by atoms with Crippen LogP contribution in [-0.4, -0.2) is 48.9 Å². The molecule has 1 atom stereocenters. The van der Waals surface area contributed by atoms with Crippen molar-refractivity contribution in [2.45, 2.75) is 24.8 Å². The van der Waals surface area contributed by atoms with E-state index in [2.05, 4.69) is 5.32 Å². The minimum absolute atomic E-state index is 0.422. The Hall–Kier alpha value is -3.68. The number of likely N-dealkylation sites (N-methyl/N-ethyl adjacent to an activating group) is 1. The molecule has 4 amide bonds. The van der Waals surface area contributed by atoms with Crippen LogP contribution in [0, 0.1) is 0 Å². The molecule has 4 rings (SSSR count). The van der Waals surface area contributed by atoms with Crippen LogP contribution in [0.4, 0.5) is 10.5 Å². The van der Waals surface area contributed by atoms with Crippen LogP contribution < -0.4 is 10.2 Å². The van der Waals surface area contributed by atoms with Gasteiger partial charge in [0, 0.05) is 12.7 Å². The second-order valence-corrected chi connectivity index (χ2v) is 7.69. The number of anilines is 1. The third-order valence-corrected chi connectivity index (χ3v) is 5.81. The lowest BCUT2D eigenvalue weighted by atomic mass is 9.76. The van der Waals surface area contributed by atoms with Crippen molar-refractivity contribution in [2.24, 2.45) is 0 Å². The zero-order valence-electron chi connectivity index (χ0n) is 17.2. The van der Waals surface area contributed by atoms with Crippen molar-refractivity contribution in [3.8, 4) is 0 Å². The topological polar surface area (TPSA) is 96.0 Å². The molecule has 8 heteroatoms. The second-order valence-electron chi connectivity index (χ2n) is 7.69. The molecule has 1 heterocycles. The summed E-state index contributed by atoms with van der Waals surface area (Å²) in [5.74, 6) is -1.71. The Bertz CT molecular complexity index is 1040. The van der Waals surface area contributed by atoms with Crippen LogP contribution in [0.1, 0.15) is 24.0 Å². The number of imide groups is 1. The molecule has 160 valence electrons. The maximum atomic E-state index is 13.2. The molecule has 1 aliphatic carbocycles. The van der Waals surface area contributed by atoms with Gasteiger partial charge in [-0.3, -0.25) is 19.3 Å². The number of amides is 4. The fourth-order valence-electron chi connectivity index (χ4n) is 4.16. The smallest absolute Gasteiger partial charge is 0.326 e. The number of nitrogens with zero attached hydrogens (tertiary/aromatic N) is 2. The predicted octanol–water partition coefficient (Wildman–Crippen LogP) is 1.98. The summed E-state index contributed by atoms with van der Waals surface area (Å²) in [6, 6.07) is 15.8. The van der Waals surface area contributed by atoms with E-state index < -0.39 is 42.5 Å². The minimum Gasteiger partial charge on any atom is -0.454 e. The SMILES string of the molecule is CN(C(=O)COC(=O)CN1C(=O)N[C@@]2(CCCc3ccccc32)C1=O)c1ccccc1. The summed E-state index contributed by atoms with van der Waals surface area (Å²) in [5.41, 5.74) is 1.31.